The van der Waals surface area contributed by atoms with E-state index in [-0.39, 0.29) is 22.9 Å². The first-order valence-corrected chi connectivity index (χ1v) is 10.3. The van der Waals surface area contributed by atoms with Crippen molar-refractivity contribution in [2.75, 3.05) is 32.7 Å². The number of primary sulfonamides is 2. The highest BCUT2D eigenvalue weighted by molar-refractivity contribution is 7.90. The Bertz CT molecular complexity index is 555. The van der Waals surface area contributed by atoms with Gasteiger partial charge in [-0.1, -0.05) is 6.42 Å². The van der Waals surface area contributed by atoms with Crippen LogP contribution in [-0.4, -0.2) is 65.0 Å². The van der Waals surface area contributed by atoms with E-state index in [4.69, 9.17) is 10.3 Å². The second-order valence-corrected chi connectivity index (χ2v) is 9.79. The molecule has 0 spiro atoms. The van der Waals surface area contributed by atoms with Gasteiger partial charge in [-0.25, -0.2) is 27.1 Å². The topological polar surface area (TPSA) is 136 Å². The molecule has 5 N–H and O–H groups in total. The molecule has 2 aliphatic heterocycles. The molecule has 0 aromatic carbocycles. The van der Waals surface area contributed by atoms with Crippen LogP contribution in [-0.2, 0) is 20.0 Å². The third-order valence-corrected chi connectivity index (χ3v) is 6.83. The molecule has 0 bridgehead atoms. The summed E-state index contributed by atoms with van der Waals surface area (Å²) in [7, 11) is -6.49. The van der Waals surface area contributed by atoms with Crippen molar-refractivity contribution in [3.8, 4) is 0 Å². The number of hydrogen-bond acceptors (Lipinski definition) is 6. The molecule has 0 amide bonds. The third-order valence-electron chi connectivity index (χ3n) is 4.34. The van der Waals surface area contributed by atoms with Gasteiger partial charge >= 0.3 is 0 Å². The Balaban J connectivity index is 0.000000234. The maximum atomic E-state index is 10.9. The standard InChI is InChI=1S/C8H16N2O2S.C3H8N2O2S.ClH/c9-13(11,12)8-5-10(6-8)4-7-2-1-3-7;4-8(6,7)3-1-5-2-3;/h7-8H,1-6H2,(H2,9,11,12);3,5H,1-2H2,(H2,4,6,7);1H. The number of halogens is 1. The summed E-state index contributed by atoms with van der Waals surface area (Å²) >= 11 is 0. The van der Waals surface area contributed by atoms with Crippen molar-refractivity contribution in [2.45, 2.75) is 29.8 Å². The van der Waals surface area contributed by atoms with Gasteiger partial charge in [-0.05, 0) is 18.8 Å². The minimum Gasteiger partial charge on any atom is -0.314 e. The van der Waals surface area contributed by atoms with Crippen molar-refractivity contribution in [3.63, 3.8) is 0 Å². The first-order valence-electron chi connectivity index (χ1n) is 7.12. The first kappa shape index (κ1) is 20.1. The highest BCUT2D eigenvalue weighted by Crippen LogP contribution is 2.29. The Morgan fingerprint density at radius 1 is 0.955 bits per heavy atom. The zero-order chi connectivity index (χ0) is 15.7. The molecule has 3 aliphatic rings. The van der Waals surface area contributed by atoms with E-state index in [0.717, 1.165) is 12.5 Å². The molecule has 0 radical (unpaired) electrons. The van der Waals surface area contributed by atoms with Gasteiger partial charge in [-0.2, -0.15) is 0 Å². The van der Waals surface area contributed by atoms with Crippen molar-refractivity contribution >= 4 is 32.5 Å². The molecule has 2 saturated heterocycles. The van der Waals surface area contributed by atoms with Crippen LogP contribution >= 0.6 is 12.4 Å². The fourth-order valence-corrected chi connectivity index (χ4v) is 3.95. The van der Waals surface area contributed by atoms with Gasteiger partial charge in [0.1, 0.15) is 5.25 Å². The minimum absolute atomic E-state index is 0. The summed E-state index contributed by atoms with van der Waals surface area (Å²) in [5, 5.41) is 12.0. The first-order chi connectivity index (χ1) is 9.66. The lowest BCUT2D eigenvalue weighted by molar-refractivity contribution is 0.123. The number of rotatable bonds is 4. The predicted octanol–water partition coefficient (Wildman–Crippen LogP) is -1.57. The van der Waals surface area contributed by atoms with Gasteiger partial charge < -0.3 is 10.2 Å². The average molecular weight is 377 g/mol. The van der Waals surface area contributed by atoms with Gasteiger partial charge in [0.25, 0.3) is 0 Å². The van der Waals surface area contributed by atoms with Crippen LogP contribution in [0.25, 0.3) is 0 Å². The molecular formula is C11H25ClN4O4S2. The van der Waals surface area contributed by atoms with Gasteiger partial charge in [0.15, 0.2) is 0 Å². The van der Waals surface area contributed by atoms with Gasteiger partial charge in [0.2, 0.25) is 20.0 Å². The second-order valence-electron chi connectivity index (χ2n) is 6.10. The second kappa shape index (κ2) is 7.73. The highest BCUT2D eigenvalue weighted by atomic mass is 35.5. The van der Waals surface area contributed by atoms with E-state index in [2.05, 4.69) is 10.2 Å². The lowest BCUT2D eigenvalue weighted by Crippen LogP contribution is -2.57. The van der Waals surface area contributed by atoms with Gasteiger partial charge in [0, 0.05) is 32.7 Å². The molecule has 0 aromatic heterocycles. The summed E-state index contributed by atoms with van der Waals surface area (Å²) in [6.45, 7) is 3.40. The highest BCUT2D eigenvalue weighted by Gasteiger charge is 2.36. The molecule has 0 atom stereocenters. The van der Waals surface area contributed by atoms with E-state index < -0.39 is 20.0 Å². The number of hydrogen-bond donors (Lipinski definition) is 3. The maximum absolute atomic E-state index is 10.9. The molecule has 3 rings (SSSR count). The normalized spacial score (nSPS) is 24.1. The molecular weight excluding hydrogens is 352 g/mol. The fourth-order valence-electron chi connectivity index (χ4n) is 2.41. The smallest absolute Gasteiger partial charge is 0.214 e. The van der Waals surface area contributed by atoms with Crippen LogP contribution in [0.2, 0.25) is 0 Å². The van der Waals surface area contributed by atoms with E-state index in [9.17, 15) is 16.8 Å². The number of nitrogens with two attached hydrogens (primary N) is 2. The van der Waals surface area contributed by atoms with Crippen molar-refractivity contribution in [2.24, 2.45) is 16.2 Å². The Hall–Kier alpha value is 0.0300. The monoisotopic (exact) mass is 376 g/mol. The van der Waals surface area contributed by atoms with E-state index in [1.165, 1.54) is 19.3 Å². The molecule has 2 heterocycles. The Morgan fingerprint density at radius 3 is 1.68 bits per heavy atom. The Kier molecular flexibility index (Phi) is 7.06. The van der Waals surface area contributed by atoms with Crippen LogP contribution in [0.15, 0.2) is 0 Å². The van der Waals surface area contributed by atoms with Crippen LogP contribution in [0, 0.1) is 5.92 Å². The van der Waals surface area contributed by atoms with Crippen LogP contribution in [0.4, 0.5) is 0 Å². The Labute approximate surface area is 138 Å². The van der Waals surface area contributed by atoms with Crippen LogP contribution < -0.4 is 15.6 Å². The summed E-state index contributed by atoms with van der Waals surface area (Å²) < 4.78 is 42.5. The van der Waals surface area contributed by atoms with Crippen LogP contribution in [0.3, 0.4) is 0 Å². The van der Waals surface area contributed by atoms with Gasteiger partial charge in [0.05, 0.1) is 5.25 Å². The summed E-state index contributed by atoms with van der Waals surface area (Å²) in [4.78, 5) is 2.19. The Morgan fingerprint density at radius 2 is 1.45 bits per heavy atom. The molecule has 8 nitrogen and oxygen atoms in total. The number of nitrogens with one attached hydrogen (secondary N) is 1. The molecule has 22 heavy (non-hydrogen) atoms. The lowest BCUT2D eigenvalue weighted by atomic mass is 9.84. The van der Waals surface area contributed by atoms with E-state index in [1.807, 2.05) is 0 Å². The summed E-state index contributed by atoms with van der Waals surface area (Å²) in [5.41, 5.74) is 0. The zero-order valence-corrected chi connectivity index (χ0v) is 14.8. The van der Waals surface area contributed by atoms with Gasteiger partial charge in [-0.15, -0.1) is 12.4 Å². The average Bonchev–Trinajstić information content (AvgIpc) is 2.04. The van der Waals surface area contributed by atoms with E-state index in [0.29, 0.717) is 26.2 Å². The van der Waals surface area contributed by atoms with Crippen molar-refractivity contribution in [1.82, 2.24) is 10.2 Å². The molecule has 1 aliphatic carbocycles. The molecule has 0 unspecified atom stereocenters. The van der Waals surface area contributed by atoms with Crippen LogP contribution in [0.1, 0.15) is 19.3 Å². The molecule has 1 saturated carbocycles. The lowest BCUT2D eigenvalue weighted by Gasteiger charge is -2.41. The molecule has 132 valence electrons. The van der Waals surface area contributed by atoms with Crippen molar-refractivity contribution in [3.05, 3.63) is 0 Å². The quantitative estimate of drug-likeness (QED) is 0.542. The zero-order valence-electron chi connectivity index (χ0n) is 12.3. The fraction of sp³-hybridized carbons (Fsp3) is 1.00. The summed E-state index contributed by atoms with van der Waals surface area (Å²) in [5.74, 6) is 0.821. The number of likely N-dealkylation sites (tertiary alicyclic amines) is 1. The summed E-state index contributed by atoms with van der Waals surface area (Å²) in [6.07, 6.45) is 3.98. The number of nitrogens with zero attached hydrogens (tertiary/aromatic N) is 1. The van der Waals surface area contributed by atoms with Crippen molar-refractivity contribution in [1.29, 1.82) is 0 Å². The molecule has 0 aromatic rings. The van der Waals surface area contributed by atoms with Gasteiger partial charge in [-0.3, -0.25) is 0 Å². The minimum atomic E-state index is -3.27. The molecule has 11 heteroatoms. The third kappa shape index (κ3) is 5.59. The molecule has 3 fully saturated rings. The predicted molar refractivity (Wildman–Crippen MR) is 87.7 cm³/mol. The SMILES string of the molecule is Cl.NS(=O)(=O)C1CN(CC2CCC2)C1.NS(=O)(=O)C1CNC1. The van der Waals surface area contributed by atoms with Crippen molar-refractivity contribution < 1.29 is 16.8 Å². The van der Waals surface area contributed by atoms with E-state index >= 15 is 0 Å². The number of sulfonamides is 2. The maximum Gasteiger partial charge on any atom is 0.214 e. The van der Waals surface area contributed by atoms with Crippen LogP contribution in [0.5, 0.6) is 0 Å². The van der Waals surface area contributed by atoms with E-state index in [1.54, 1.807) is 0 Å². The largest absolute Gasteiger partial charge is 0.314 e. The summed E-state index contributed by atoms with van der Waals surface area (Å²) in [6, 6.07) is 0.